The molecule has 3 heterocycles. The van der Waals surface area contributed by atoms with Crippen LogP contribution in [-0.4, -0.2) is 21.1 Å². The van der Waals surface area contributed by atoms with Gasteiger partial charge in [0.1, 0.15) is 0 Å². The zero-order chi connectivity index (χ0) is 20.0. The molecule has 0 N–H and O–H groups in total. The molecule has 2 aromatic carbocycles. The molecule has 1 aliphatic heterocycles. The largest absolute Gasteiger partial charge is 0.336 e. The summed E-state index contributed by atoms with van der Waals surface area (Å²) in [5.74, 6) is 0.677. The number of aromatic nitrogens is 3. The number of benzene rings is 2. The highest BCUT2D eigenvalue weighted by Gasteiger charge is 2.19. The molecule has 5 rings (SSSR count). The molecular formula is C24H22N4O. The number of aryl methyl sites for hydroxylation is 2. The Morgan fingerprint density at radius 1 is 1.00 bits per heavy atom. The monoisotopic (exact) mass is 382 g/mol. The van der Waals surface area contributed by atoms with Crippen LogP contribution >= 0.6 is 0 Å². The van der Waals surface area contributed by atoms with Crippen LogP contribution in [0.1, 0.15) is 22.3 Å². The predicted molar refractivity (Wildman–Crippen MR) is 116 cm³/mol. The molecule has 0 radical (unpaired) electrons. The summed E-state index contributed by atoms with van der Waals surface area (Å²) in [6, 6.07) is 16.5. The number of rotatable bonds is 2. The second kappa shape index (κ2) is 6.85. The van der Waals surface area contributed by atoms with Crippen molar-refractivity contribution in [1.29, 1.82) is 0 Å². The van der Waals surface area contributed by atoms with Crippen molar-refractivity contribution >= 4 is 16.9 Å². The zero-order valence-corrected chi connectivity index (χ0v) is 16.6. The van der Waals surface area contributed by atoms with E-state index in [-0.39, 0.29) is 5.56 Å². The second-order valence-electron chi connectivity index (χ2n) is 7.69. The molecule has 0 amide bonds. The van der Waals surface area contributed by atoms with Crippen LogP contribution in [0.25, 0.3) is 16.6 Å². The summed E-state index contributed by atoms with van der Waals surface area (Å²) in [4.78, 5) is 24.5. The Kier molecular flexibility index (Phi) is 4.16. The first-order valence-electron chi connectivity index (χ1n) is 9.88. The normalized spacial score (nSPS) is 13.5. The molecule has 0 unspecified atom stereocenters. The van der Waals surface area contributed by atoms with Gasteiger partial charge in [-0.1, -0.05) is 42.0 Å². The van der Waals surface area contributed by atoms with E-state index in [0.717, 1.165) is 30.8 Å². The third-order valence-corrected chi connectivity index (χ3v) is 5.66. The summed E-state index contributed by atoms with van der Waals surface area (Å²) in [7, 11) is 0. The van der Waals surface area contributed by atoms with Gasteiger partial charge in [-0.3, -0.25) is 9.36 Å². The van der Waals surface area contributed by atoms with Gasteiger partial charge in [0, 0.05) is 25.5 Å². The molecule has 0 atom stereocenters. The molecular weight excluding hydrogens is 360 g/mol. The summed E-state index contributed by atoms with van der Waals surface area (Å²) in [5, 5.41) is 0.536. The third kappa shape index (κ3) is 3.09. The first-order valence-corrected chi connectivity index (χ1v) is 9.88. The predicted octanol–water partition coefficient (Wildman–Crippen LogP) is 3.96. The van der Waals surface area contributed by atoms with Gasteiger partial charge >= 0.3 is 0 Å². The molecule has 1 aliphatic rings. The Morgan fingerprint density at radius 3 is 2.66 bits per heavy atom. The molecule has 0 fully saturated rings. The molecule has 0 saturated carbocycles. The van der Waals surface area contributed by atoms with E-state index in [2.05, 4.69) is 40.2 Å². The van der Waals surface area contributed by atoms with E-state index in [1.54, 1.807) is 10.8 Å². The maximum absolute atomic E-state index is 13.1. The highest BCUT2D eigenvalue weighted by molar-refractivity contribution is 5.78. The summed E-state index contributed by atoms with van der Waals surface area (Å²) < 4.78 is 1.68. The Hall–Kier alpha value is -3.47. The van der Waals surface area contributed by atoms with Crippen LogP contribution in [0.5, 0.6) is 0 Å². The third-order valence-electron chi connectivity index (χ3n) is 5.66. The molecule has 0 spiro atoms. The molecule has 5 nitrogen and oxygen atoms in total. The summed E-state index contributed by atoms with van der Waals surface area (Å²) in [6.45, 7) is 5.74. The van der Waals surface area contributed by atoms with E-state index < -0.39 is 0 Å². The van der Waals surface area contributed by atoms with Crippen LogP contribution in [0.15, 0.2) is 65.7 Å². The summed E-state index contributed by atoms with van der Waals surface area (Å²) in [5.41, 5.74) is 6.42. The van der Waals surface area contributed by atoms with Gasteiger partial charge in [-0.15, -0.1) is 0 Å². The lowest BCUT2D eigenvalue weighted by atomic mass is 10.0. The Bertz CT molecular complexity index is 1290. The van der Waals surface area contributed by atoms with E-state index in [4.69, 9.17) is 4.98 Å². The van der Waals surface area contributed by atoms with Gasteiger partial charge in [0.25, 0.3) is 5.56 Å². The van der Waals surface area contributed by atoms with Crippen molar-refractivity contribution < 1.29 is 0 Å². The van der Waals surface area contributed by atoms with Crippen molar-refractivity contribution in [3.63, 3.8) is 0 Å². The Morgan fingerprint density at radius 2 is 1.83 bits per heavy atom. The number of nitrogens with zero attached hydrogens (tertiary/aromatic N) is 4. The van der Waals surface area contributed by atoms with Gasteiger partial charge < -0.3 is 4.90 Å². The highest BCUT2D eigenvalue weighted by atomic mass is 16.1. The molecule has 0 bridgehead atoms. The maximum Gasteiger partial charge on any atom is 0.266 e. The minimum absolute atomic E-state index is 0.0926. The molecule has 2 aromatic heterocycles. The minimum atomic E-state index is -0.0926. The van der Waals surface area contributed by atoms with Gasteiger partial charge in [-0.2, -0.15) is 0 Å². The van der Waals surface area contributed by atoms with E-state index in [1.165, 1.54) is 16.7 Å². The molecule has 29 heavy (non-hydrogen) atoms. The number of pyridine rings is 1. The lowest BCUT2D eigenvalue weighted by molar-refractivity contribution is 0.710. The fraction of sp³-hybridized carbons (Fsp3) is 0.208. The first-order chi connectivity index (χ1) is 14.1. The smallest absolute Gasteiger partial charge is 0.266 e. The van der Waals surface area contributed by atoms with Gasteiger partial charge in [0.05, 0.1) is 16.6 Å². The molecule has 4 aromatic rings. The Labute approximate surface area is 169 Å². The van der Waals surface area contributed by atoms with Crippen LogP contribution in [0.4, 0.5) is 5.95 Å². The topological polar surface area (TPSA) is 51.0 Å². The first kappa shape index (κ1) is 17.6. The summed E-state index contributed by atoms with van der Waals surface area (Å²) >= 11 is 0. The van der Waals surface area contributed by atoms with Crippen LogP contribution in [-0.2, 0) is 13.0 Å². The van der Waals surface area contributed by atoms with Crippen molar-refractivity contribution in [2.24, 2.45) is 0 Å². The number of fused-ring (bicyclic) bond motifs is 2. The fourth-order valence-electron chi connectivity index (χ4n) is 4.10. The minimum Gasteiger partial charge on any atom is -0.336 e. The SMILES string of the molecule is Cc1ccc(-n2ccc3nc(N4CCc5ccccc5C4)ncc3c2=O)c(C)c1. The van der Waals surface area contributed by atoms with Gasteiger partial charge in [-0.05, 0) is 49.1 Å². The van der Waals surface area contributed by atoms with Crippen LogP contribution in [0.2, 0.25) is 0 Å². The van der Waals surface area contributed by atoms with Crippen LogP contribution < -0.4 is 10.5 Å². The maximum atomic E-state index is 13.1. The van der Waals surface area contributed by atoms with Crippen molar-refractivity contribution in [1.82, 2.24) is 14.5 Å². The van der Waals surface area contributed by atoms with Crippen molar-refractivity contribution in [2.45, 2.75) is 26.8 Å². The van der Waals surface area contributed by atoms with E-state index in [9.17, 15) is 4.79 Å². The highest BCUT2D eigenvalue weighted by Crippen LogP contribution is 2.23. The lowest BCUT2D eigenvalue weighted by Gasteiger charge is -2.28. The van der Waals surface area contributed by atoms with Crippen molar-refractivity contribution in [3.8, 4) is 5.69 Å². The standard InChI is InChI=1S/C24H22N4O/c1-16-7-8-22(17(2)13-16)28-12-10-21-20(23(28)29)14-25-24(26-21)27-11-9-18-5-3-4-6-19(18)15-27/h3-8,10,12-14H,9,11,15H2,1-2H3. The average Bonchev–Trinajstić information content (AvgIpc) is 2.74. The molecule has 0 saturated heterocycles. The lowest BCUT2D eigenvalue weighted by Crippen LogP contribution is -2.32. The molecule has 144 valence electrons. The molecule has 5 heteroatoms. The fourth-order valence-corrected chi connectivity index (χ4v) is 4.10. The molecule has 0 aliphatic carbocycles. The van der Waals surface area contributed by atoms with Gasteiger partial charge in [0.15, 0.2) is 0 Å². The van der Waals surface area contributed by atoms with Crippen LogP contribution in [0, 0.1) is 13.8 Å². The summed E-state index contributed by atoms with van der Waals surface area (Å²) in [6.07, 6.45) is 4.46. The second-order valence-corrected chi connectivity index (χ2v) is 7.69. The number of hydrogen-bond donors (Lipinski definition) is 0. The Balaban J connectivity index is 1.53. The van der Waals surface area contributed by atoms with Crippen molar-refractivity contribution in [3.05, 3.63) is 93.5 Å². The van der Waals surface area contributed by atoms with E-state index in [0.29, 0.717) is 16.9 Å². The van der Waals surface area contributed by atoms with E-state index in [1.807, 2.05) is 38.2 Å². The number of hydrogen-bond acceptors (Lipinski definition) is 4. The van der Waals surface area contributed by atoms with Gasteiger partial charge in [-0.25, -0.2) is 9.97 Å². The quantitative estimate of drug-likeness (QED) is 0.527. The van der Waals surface area contributed by atoms with Gasteiger partial charge in [0.2, 0.25) is 5.95 Å². The zero-order valence-electron chi connectivity index (χ0n) is 16.6. The number of anilines is 1. The average molecular weight is 382 g/mol. The van der Waals surface area contributed by atoms with Crippen molar-refractivity contribution in [2.75, 3.05) is 11.4 Å². The van der Waals surface area contributed by atoms with Crippen LogP contribution in [0.3, 0.4) is 0 Å². The van der Waals surface area contributed by atoms with E-state index >= 15 is 0 Å².